The Hall–Kier alpha value is -2.52. The molecule has 0 spiro atoms. The molecule has 0 radical (unpaired) electrons. The summed E-state index contributed by atoms with van der Waals surface area (Å²) < 4.78 is 58.6. The molecule has 0 bridgehead atoms. The molecule has 2 heterocycles. The molecule has 0 saturated carbocycles. The molecule has 10 heteroatoms. The predicted octanol–water partition coefficient (Wildman–Crippen LogP) is 5.59. The summed E-state index contributed by atoms with van der Waals surface area (Å²) in [5.74, 6) is -2.38. The third-order valence-corrected chi connectivity index (χ3v) is 5.98. The van der Waals surface area contributed by atoms with Crippen LogP contribution in [-0.2, 0) is 20.7 Å². The van der Waals surface area contributed by atoms with Crippen LogP contribution in [0.2, 0.25) is 5.02 Å². The summed E-state index contributed by atoms with van der Waals surface area (Å²) in [7, 11) is 1.47. The Morgan fingerprint density at radius 3 is 2.51 bits per heavy atom. The number of benzene rings is 1. The lowest BCUT2D eigenvalue weighted by Crippen LogP contribution is -2.37. The van der Waals surface area contributed by atoms with Gasteiger partial charge >= 0.3 is 12.1 Å². The van der Waals surface area contributed by atoms with E-state index in [4.69, 9.17) is 25.8 Å². The van der Waals surface area contributed by atoms with Gasteiger partial charge in [-0.05, 0) is 57.4 Å². The molecule has 192 valence electrons. The molecule has 0 aliphatic carbocycles. The maximum absolute atomic E-state index is 13.7. The number of hydrogen-bond donors (Lipinski definition) is 0. The van der Waals surface area contributed by atoms with Gasteiger partial charge in [-0.15, -0.1) is 0 Å². The van der Waals surface area contributed by atoms with Crippen molar-refractivity contribution in [3.8, 4) is 16.9 Å². The highest BCUT2D eigenvalue weighted by atomic mass is 35.5. The maximum Gasteiger partial charge on any atom is 0.395 e. The summed E-state index contributed by atoms with van der Waals surface area (Å²) in [5, 5.41) is 0.309. The molecular weight excluding hydrogens is 487 g/mol. The van der Waals surface area contributed by atoms with Gasteiger partial charge in [0.05, 0.1) is 18.2 Å². The van der Waals surface area contributed by atoms with Crippen molar-refractivity contribution in [1.29, 1.82) is 0 Å². The van der Waals surface area contributed by atoms with Gasteiger partial charge in [-0.25, -0.2) is 4.79 Å². The van der Waals surface area contributed by atoms with E-state index in [9.17, 15) is 22.8 Å². The molecule has 0 fully saturated rings. The Kier molecular flexibility index (Phi) is 7.91. The second-order valence-electron chi connectivity index (χ2n) is 9.68. The summed E-state index contributed by atoms with van der Waals surface area (Å²) in [6.45, 7) is 6.20. The number of halogens is 4. The van der Waals surface area contributed by atoms with Gasteiger partial charge in [0.25, 0.3) is 5.56 Å². The first-order valence-corrected chi connectivity index (χ1v) is 11.6. The molecule has 1 unspecified atom stereocenters. The Balaban J connectivity index is 2.16. The molecule has 1 aliphatic rings. The van der Waals surface area contributed by atoms with Crippen molar-refractivity contribution >= 4 is 17.6 Å². The van der Waals surface area contributed by atoms with Gasteiger partial charge in [-0.1, -0.05) is 17.7 Å². The molecule has 0 amide bonds. The van der Waals surface area contributed by atoms with Gasteiger partial charge in [0, 0.05) is 30.2 Å². The van der Waals surface area contributed by atoms with E-state index in [-0.39, 0.29) is 18.6 Å². The Morgan fingerprint density at radius 2 is 1.91 bits per heavy atom. The van der Waals surface area contributed by atoms with Crippen LogP contribution in [0.4, 0.5) is 13.2 Å². The third-order valence-electron chi connectivity index (χ3n) is 5.75. The second-order valence-corrected chi connectivity index (χ2v) is 10.1. The van der Waals surface area contributed by atoms with Crippen molar-refractivity contribution in [3.63, 3.8) is 0 Å². The van der Waals surface area contributed by atoms with E-state index in [1.54, 1.807) is 27.7 Å². The molecular formula is C25H29ClF3NO5. The summed E-state index contributed by atoms with van der Waals surface area (Å²) in [4.78, 5) is 26.3. The average molecular weight is 516 g/mol. The molecule has 6 nitrogen and oxygen atoms in total. The lowest BCUT2D eigenvalue weighted by Gasteiger charge is -2.29. The van der Waals surface area contributed by atoms with Crippen molar-refractivity contribution in [1.82, 2.24) is 4.57 Å². The van der Waals surface area contributed by atoms with Crippen LogP contribution >= 0.6 is 11.6 Å². The summed E-state index contributed by atoms with van der Waals surface area (Å²) in [6, 6.07) is 4.74. The van der Waals surface area contributed by atoms with Crippen LogP contribution in [0.1, 0.15) is 45.7 Å². The van der Waals surface area contributed by atoms with Crippen LogP contribution in [0.15, 0.2) is 35.3 Å². The minimum atomic E-state index is -4.49. The number of nitrogens with zero attached hydrogens (tertiary/aromatic N) is 1. The van der Waals surface area contributed by atoms with Crippen molar-refractivity contribution in [2.24, 2.45) is 5.92 Å². The van der Waals surface area contributed by atoms with Gasteiger partial charge in [-0.3, -0.25) is 9.36 Å². The van der Waals surface area contributed by atoms with E-state index >= 15 is 0 Å². The maximum atomic E-state index is 13.7. The highest BCUT2D eigenvalue weighted by Gasteiger charge is 2.41. The van der Waals surface area contributed by atoms with Crippen molar-refractivity contribution in [2.75, 3.05) is 13.7 Å². The quantitative estimate of drug-likeness (QED) is 0.486. The number of carbonyl (C=O) groups is 1. The van der Waals surface area contributed by atoms with Crippen LogP contribution in [0.5, 0.6) is 5.75 Å². The minimum absolute atomic E-state index is 0.0423. The fraction of sp³-hybridized carbons (Fsp3) is 0.520. The zero-order chi connectivity index (χ0) is 26.1. The number of fused-ring (bicyclic) bond motifs is 3. The van der Waals surface area contributed by atoms with E-state index in [1.807, 2.05) is 0 Å². The first kappa shape index (κ1) is 27.1. The zero-order valence-electron chi connectivity index (χ0n) is 20.2. The molecule has 3 rings (SSSR count). The largest absolute Gasteiger partial charge is 0.491 e. The van der Waals surface area contributed by atoms with Gasteiger partial charge in [0.2, 0.25) is 0 Å². The zero-order valence-corrected chi connectivity index (χ0v) is 21.0. The number of hydrogen-bond acceptors (Lipinski definition) is 5. The Labute approximate surface area is 206 Å². The van der Waals surface area contributed by atoms with Gasteiger partial charge in [0.1, 0.15) is 24.0 Å². The van der Waals surface area contributed by atoms with Gasteiger partial charge < -0.3 is 14.2 Å². The molecule has 0 N–H and O–H groups in total. The number of ether oxygens (including phenoxy) is 3. The normalized spacial score (nSPS) is 17.8. The summed E-state index contributed by atoms with van der Waals surface area (Å²) in [5.41, 5.74) is -0.261. The number of methoxy groups -OCH3 is 1. The first-order chi connectivity index (χ1) is 16.2. The SMILES string of the molecule is CO[C@@H](C)CC(C(=O)OC(C)(C)C)n1cc2c(cc1=O)-c1cc(Cl)ccc1C[C@@H](C(F)(F)F)CO2. The fourth-order valence-electron chi connectivity index (χ4n) is 3.90. The smallest absolute Gasteiger partial charge is 0.395 e. The van der Waals surface area contributed by atoms with Gasteiger partial charge in [-0.2, -0.15) is 13.2 Å². The predicted molar refractivity (Wildman–Crippen MR) is 126 cm³/mol. The average Bonchev–Trinajstić information content (AvgIpc) is 2.72. The van der Waals surface area contributed by atoms with E-state index in [0.29, 0.717) is 21.7 Å². The molecule has 1 aliphatic heterocycles. The molecule has 1 aromatic carbocycles. The summed E-state index contributed by atoms with van der Waals surface area (Å²) >= 11 is 6.14. The van der Waals surface area contributed by atoms with Crippen LogP contribution in [0.3, 0.4) is 0 Å². The van der Waals surface area contributed by atoms with Crippen LogP contribution < -0.4 is 10.3 Å². The Morgan fingerprint density at radius 1 is 1.23 bits per heavy atom. The number of aromatic nitrogens is 1. The van der Waals surface area contributed by atoms with E-state index in [1.165, 1.54) is 37.6 Å². The lowest BCUT2D eigenvalue weighted by atomic mass is 9.91. The first-order valence-electron chi connectivity index (χ1n) is 11.2. The van der Waals surface area contributed by atoms with Crippen molar-refractivity contribution < 1.29 is 32.2 Å². The standard InChI is InChI=1S/C25H29ClF3NO5/c1-14(33-5)8-20(23(32)35-24(2,3)4)30-12-21-19(11-22(30)31)18-10-17(26)7-6-15(18)9-16(13-34-21)25(27,28)29/h6-7,10-12,14,16,20H,8-9,13H2,1-5H3/t14-,16+,20?/m0/s1. The monoisotopic (exact) mass is 515 g/mol. The number of carbonyl (C=O) groups excluding carboxylic acids is 1. The van der Waals surface area contributed by atoms with Crippen molar-refractivity contribution in [3.05, 3.63) is 51.4 Å². The van der Waals surface area contributed by atoms with E-state index in [0.717, 1.165) is 4.57 Å². The molecule has 3 atom stereocenters. The van der Waals surface area contributed by atoms with Crippen LogP contribution in [0, 0.1) is 5.92 Å². The molecule has 2 aromatic rings. The van der Waals surface area contributed by atoms with Gasteiger partial charge in [0.15, 0.2) is 0 Å². The van der Waals surface area contributed by atoms with E-state index < -0.39 is 48.0 Å². The number of esters is 1. The Bertz CT molecular complexity index is 1140. The topological polar surface area (TPSA) is 66.8 Å². The van der Waals surface area contributed by atoms with Crippen LogP contribution in [0.25, 0.3) is 11.1 Å². The second kappa shape index (κ2) is 10.2. The van der Waals surface area contributed by atoms with E-state index in [2.05, 4.69) is 0 Å². The highest BCUT2D eigenvalue weighted by Crippen LogP contribution is 2.40. The fourth-order valence-corrected chi connectivity index (χ4v) is 4.08. The number of pyridine rings is 1. The molecule has 35 heavy (non-hydrogen) atoms. The molecule has 1 aromatic heterocycles. The third kappa shape index (κ3) is 6.58. The van der Waals surface area contributed by atoms with Crippen molar-refractivity contribution in [2.45, 2.75) is 64.5 Å². The minimum Gasteiger partial charge on any atom is -0.491 e. The number of rotatable bonds is 5. The highest BCUT2D eigenvalue weighted by molar-refractivity contribution is 6.30. The molecule has 0 saturated heterocycles. The lowest BCUT2D eigenvalue weighted by molar-refractivity contribution is -0.181. The summed E-state index contributed by atoms with van der Waals surface area (Å²) in [6.07, 6.45) is -3.83. The van der Waals surface area contributed by atoms with Crippen LogP contribution in [-0.4, -0.2) is 42.1 Å². The number of alkyl halides is 3.